The van der Waals surface area contributed by atoms with Gasteiger partial charge in [-0.15, -0.1) is 0 Å². The summed E-state index contributed by atoms with van der Waals surface area (Å²) >= 11 is 0. The van der Waals surface area contributed by atoms with E-state index in [-0.39, 0.29) is 0 Å². The molecule has 1 rings (SSSR count). The quantitative estimate of drug-likeness (QED) is 0.817. The molecule has 0 fully saturated rings. The molecule has 0 aromatic heterocycles. The third-order valence-corrected chi connectivity index (χ3v) is 2.64. The lowest BCUT2D eigenvalue weighted by atomic mass is 10.1. The average Bonchev–Trinajstić information content (AvgIpc) is 2.27. The molecule has 0 saturated heterocycles. The van der Waals surface area contributed by atoms with Crippen molar-refractivity contribution < 1.29 is 19.7 Å². The normalized spacial score (nSPS) is 13.2. The molecule has 0 bridgehead atoms. The van der Waals surface area contributed by atoms with Gasteiger partial charge in [-0.3, -0.25) is 0 Å². The second kappa shape index (κ2) is 6.07. The summed E-state index contributed by atoms with van der Waals surface area (Å²) in [5, 5.41) is 19.1. The van der Waals surface area contributed by atoms with E-state index in [1.807, 2.05) is 0 Å². The first-order chi connectivity index (χ1) is 8.33. The van der Waals surface area contributed by atoms with E-state index in [0.29, 0.717) is 24.5 Å². The summed E-state index contributed by atoms with van der Waals surface area (Å²) in [4.78, 5) is 0. The predicted molar refractivity (Wildman–Crippen MR) is 70.0 cm³/mol. The number of benzene rings is 1. The van der Waals surface area contributed by atoms with E-state index in [2.05, 4.69) is 0 Å². The second-order valence-corrected chi connectivity index (χ2v) is 5.00. The summed E-state index contributed by atoms with van der Waals surface area (Å²) < 4.78 is 10.8. The Bertz CT molecular complexity index is 380. The minimum Gasteiger partial charge on any atom is -0.493 e. The van der Waals surface area contributed by atoms with Gasteiger partial charge in [0.25, 0.3) is 0 Å². The maximum Gasteiger partial charge on any atom is 0.161 e. The number of hydrogen-bond acceptors (Lipinski definition) is 4. The molecule has 18 heavy (non-hydrogen) atoms. The Balaban J connectivity index is 2.71. The first kappa shape index (κ1) is 14.8. The molecule has 102 valence electrons. The van der Waals surface area contributed by atoms with Crippen LogP contribution in [-0.2, 0) is 0 Å². The summed E-state index contributed by atoms with van der Waals surface area (Å²) in [7, 11) is 1.56. The number of rotatable bonds is 6. The minimum atomic E-state index is -0.743. The molecular formula is C14H22O4. The van der Waals surface area contributed by atoms with Gasteiger partial charge in [0, 0.05) is 6.42 Å². The highest BCUT2D eigenvalue weighted by Gasteiger charge is 2.14. The van der Waals surface area contributed by atoms with E-state index in [0.717, 1.165) is 5.56 Å². The lowest BCUT2D eigenvalue weighted by Gasteiger charge is -2.18. The molecule has 0 aliphatic rings. The van der Waals surface area contributed by atoms with E-state index < -0.39 is 11.7 Å². The first-order valence-corrected chi connectivity index (χ1v) is 6.04. The van der Waals surface area contributed by atoms with Crippen molar-refractivity contribution in [3.63, 3.8) is 0 Å². The van der Waals surface area contributed by atoms with Crippen LogP contribution in [0.25, 0.3) is 0 Å². The van der Waals surface area contributed by atoms with Crippen LogP contribution < -0.4 is 9.47 Å². The molecule has 0 aliphatic heterocycles. The molecular weight excluding hydrogens is 232 g/mol. The summed E-state index contributed by atoms with van der Waals surface area (Å²) in [6.45, 7) is 5.59. The van der Waals surface area contributed by atoms with Gasteiger partial charge in [0.05, 0.1) is 25.4 Å². The standard InChI is InChI=1S/C14H22O4/c1-10(15)11-5-6-12(13(9-11)17-4)18-8-7-14(2,3)16/h5-6,9-10,15-16H,7-8H2,1-4H3/t10-/m1/s1. The van der Waals surface area contributed by atoms with Crippen LogP contribution in [0.15, 0.2) is 18.2 Å². The van der Waals surface area contributed by atoms with E-state index in [1.54, 1.807) is 46.1 Å². The molecule has 0 amide bonds. The monoisotopic (exact) mass is 254 g/mol. The third kappa shape index (κ3) is 4.55. The predicted octanol–water partition coefficient (Wildman–Crippen LogP) is 2.29. The van der Waals surface area contributed by atoms with Crippen molar-refractivity contribution in [2.75, 3.05) is 13.7 Å². The Morgan fingerprint density at radius 1 is 1.28 bits per heavy atom. The molecule has 1 atom stereocenters. The van der Waals surface area contributed by atoms with Crippen LogP contribution in [0.5, 0.6) is 11.5 Å². The van der Waals surface area contributed by atoms with Gasteiger partial charge in [0.1, 0.15) is 0 Å². The van der Waals surface area contributed by atoms with Crippen LogP contribution in [0.4, 0.5) is 0 Å². The zero-order valence-corrected chi connectivity index (χ0v) is 11.4. The molecule has 1 aromatic carbocycles. The average molecular weight is 254 g/mol. The highest BCUT2D eigenvalue weighted by molar-refractivity contribution is 5.43. The van der Waals surface area contributed by atoms with E-state index >= 15 is 0 Å². The summed E-state index contributed by atoms with van der Waals surface area (Å²) in [5.74, 6) is 1.20. The fraction of sp³-hybridized carbons (Fsp3) is 0.571. The number of aliphatic hydroxyl groups excluding tert-OH is 1. The summed E-state index contributed by atoms with van der Waals surface area (Å²) in [5.41, 5.74) is 0.0361. The third-order valence-electron chi connectivity index (χ3n) is 2.64. The number of methoxy groups -OCH3 is 1. The van der Waals surface area contributed by atoms with Gasteiger partial charge in [-0.2, -0.15) is 0 Å². The lowest BCUT2D eigenvalue weighted by Crippen LogP contribution is -2.21. The van der Waals surface area contributed by atoms with Crippen LogP contribution >= 0.6 is 0 Å². The maximum atomic E-state index is 9.59. The molecule has 0 saturated carbocycles. The van der Waals surface area contributed by atoms with Gasteiger partial charge >= 0.3 is 0 Å². The Morgan fingerprint density at radius 3 is 2.44 bits per heavy atom. The number of ether oxygens (including phenoxy) is 2. The largest absolute Gasteiger partial charge is 0.493 e. The Kier molecular flexibility index (Phi) is 4.99. The molecule has 0 radical (unpaired) electrons. The molecule has 4 heteroatoms. The number of hydrogen-bond donors (Lipinski definition) is 2. The van der Waals surface area contributed by atoms with Gasteiger partial charge in [-0.25, -0.2) is 0 Å². The SMILES string of the molecule is COc1cc([C@@H](C)O)ccc1OCCC(C)(C)O. The van der Waals surface area contributed by atoms with Crippen molar-refractivity contribution in [3.8, 4) is 11.5 Å². The van der Waals surface area contributed by atoms with Gasteiger partial charge in [0.15, 0.2) is 11.5 Å². The summed E-state index contributed by atoms with van der Waals surface area (Å²) in [6.07, 6.45) is -0.00164. The van der Waals surface area contributed by atoms with Crippen LogP contribution in [0, 0.1) is 0 Å². The van der Waals surface area contributed by atoms with Crippen molar-refractivity contribution in [1.82, 2.24) is 0 Å². The van der Waals surface area contributed by atoms with Crippen molar-refractivity contribution in [2.45, 2.75) is 38.9 Å². The molecule has 2 N–H and O–H groups in total. The van der Waals surface area contributed by atoms with Crippen LogP contribution in [-0.4, -0.2) is 29.5 Å². The van der Waals surface area contributed by atoms with Crippen molar-refractivity contribution in [1.29, 1.82) is 0 Å². The Morgan fingerprint density at radius 2 is 1.94 bits per heavy atom. The Hall–Kier alpha value is -1.26. The second-order valence-electron chi connectivity index (χ2n) is 5.00. The molecule has 0 heterocycles. The molecule has 0 aliphatic carbocycles. The topological polar surface area (TPSA) is 58.9 Å². The van der Waals surface area contributed by atoms with Crippen LogP contribution in [0.2, 0.25) is 0 Å². The zero-order valence-electron chi connectivity index (χ0n) is 11.4. The van der Waals surface area contributed by atoms with E-state index in [4.69, 9.17) is 9.47 Å². The fourth-order valence-corrected chi connectivity index (χ4v) is 1.47. The van der Waals surface area contributed by atoms with Gasteiger partial charge in [-0.05, 0) is 38.5 Å². The lowest BCUT2D eigenvalue weighted by molar-refractivity contribution is 0.0549. The fourth-order valence-electron chi connectivity index (χ4n) is 1.47. The van der Waals surface area contributed by atoms with E-state index in [9.17, 15) is 10.2 Å². The molecule has 0 unspecified atom stereocenters. The maximum absolute atomic E-state index is 9.59. The van der Waals surface area contributed by atoms with Gasteiger partial charge < -0.3 is 19.7 Å². The van der Waals surface area contributed by atoms with Crippen LogP contribution in [0.3, 0.4) is 0 Å². The highest BCUT2D eigenvalue weighted by atomic mass is 16.5. The van der Waals surface area contributed by atoms with Crippen LogP contribution in [0.1, 0.15) is 38.9 Å². The van der Waals surface area contributed by atoms with Gasteiger partial charge in [0.2, 0.25) is 0 Å². The first-order valence-electron chi connectivity index (χ1n) is 6.04. The smallest absolute Gasteiger partial charge is 0.161 e. The van der Waals surface area contributed by atoms with Crippen molar-refractivity contribution in [2.24, 2.45) is 0 Å². The Labute approximate surface area is 108 Å². The molecule has 0 spiro atoms. The minimum absolute atomic E-state index is 0.411. The number of aliphatic hydroxyl groups is 2. The highest BCUT2D eigenvalue weighted by Crippen LogP contribution is 2.30. The van der Waals surface area contributed by atoms with E-state index in [1.165, 1.54) is 0 Å². The van der Waals surface area contributed by atoms with Crippen molar-refractivity contribution in [3.05, 3.63) is 23.8 Å². The zero-order chi connectivity index (χ0) is 13.8. The summed E-state index contributed by atoms with van der Waals surface area (Å²) in [6, 6.07) is 5.32. The van der Waals surface area contributed by atoms with Gasteiger partial charge in [-0.1, -0.05) is 6.07 Å². The molecule has 1 aromatic rings. The molecule has 4 nitrogen and oxygen atoms in total. The van der Waals surface area contributed by atoms with Crippen molar-refractivity contribution >= 4 is 0 Å².